The largest absolute Gasteiger partial charge is 0.497 e. The maximum atomic E-state index is 5.67. The Balaban J connectivity index is 1.43. The smallest absolute Gasteiger partial charge is 0.194 e. The van der Waals surface area contributed by atoms with Crippen molar-refractivity contribution in [3.8, 4) is 16.9 Å². The molecule has 2 aromatic rings. The van der Waals surface area contributed by atoms with Gasteiger partial charge in [-0.05, 0) is 54.5 Å². The Morgan fingerprint density at radius 3 is 2.86 bits per heavy atom. The third kappa shape index (κ3) is 4.18. The average Bonchev–Trinajstić information content (AvgIpc) is 3.48. The van der Waals surface area contributed by atoms with E-state index in [1.54, 1.807) is 18.4 Å². The Labute approximate surface area is 171 Å². The van der Waals surface area contributed by atoms with Gasteiger partial charge in [-0.25, -0.2) is 4.99 Å². The summed E-state index contributed by atoms with van der Waals surface area (Å²) in [6, 6.07) is 10.5. The van der Waals surface area contributed by atoms with Crippen LogP contribution < -0.4 is 10.1 Å². The van der Waals surface area contributed by atoms with Crippen molar-refractivity contribution in [3.63, 3.8) is 0 Å². The van der Waals surface area contributed by atoms with Crippen LogP contribution in [0.15, 0.2) is 40.7 Å². The van der Waals surface area contributed by atoms with Gasteiger partial charge in [-0.3, -0.25) is 0 Å². The summed E-state index contributed by atoms with van der Waals surface area (Å²) in [5, 5.41) is 5.69. The third-order valence-corrected chi connectivity index (χ3v) is 6.64. The molecule has 0 saturated carbocycles. The fourth-order valence-electron chi connectivity index (χ4n) is 4.06. The molecule has 2 aliphatic heterocycles. The second kappa shape index (κ2) is 8.53. The van der Waals surface area contributed by atoms with Crippen molar-refractivity contribution >= 4 is 17.3 Å². The molecule has 2 fully saturated rings. The lowest BCUT2D eigenvalue weighted by Gasteiger charge is -2.24. The Kier molecular flexibility index (Phi) is 5.87. The molecule has 1 aromatic heterocycles. The molecule has 0 aliphatic carbocycles. The monoisotopic (exact) mass is 399 g/mol. The average molecular weight is 400 g/mol. The standard InChI is InChI=1S/C22H29N3O2S/c1-3-23-21(25-10-8-22(15-25)9-11-27-16-22)24-13-20-12-18(14-28-20)17-4-6-19(26-2)7-5-17/h4-7,12,14H,3,8-11,13,15-16H2,1-2H3,(H,23,24). The van der Waals surface area contributed by atoms with Gasteiger partial charge in [0.05, 0.1) is 20.3 Å². The summed E-state index contributed by atoms with van der Waals surface area (Å²) in [5.74, 6) is 1.92. The van der Waals surface area contributed by atoms with E-state index < -0.39 is 0 Å². The molecule has 1 N–H and O–H groups in total. The topological polar surface area (TPSA) is 46.1 Å². The Bertz CT molecular complexity index is 809. The first-order valence-electron chi connectivity index (χ1n) is 10.0. The minimum absolute atomic E-state index is 0.348. The summed E-state index contributed by atoms with van der Waals surface area (Å²) in [4.78, 5) is 8.63. The van der Waals surface area contributed by atoms with Crippen LogP contribution >= 0.6 is 11.3 Å². The minimum Gasteiger partial charge on any atom is -0.497 e. The van der Waals surface area contributed by atoms with E-state index in [1.807, 2.05) is 12.1 Å². The second-order valence-corrected chi connectivity index (χ2v) is 8.67. The molecule has 0 amide bonds. The summed E-state index contributed by atoms with van der Waals surface area (Å²) < 4.78 is 10.9. The van der Waals surface area contributed by atoms with Crippen molar-refractivity contribution < 1.29 is 9.47 Å². The van der Waals surface area contributed by atoms with Gasteiger partial charge in [-0.15, -0.1) is 11.3 Å². The SMILES string of the molecule is CCNC(=NCc1cc(-c2ccc(OC)cc2)cs1)N1CCC2(CCOC2)C1. The molecule has 6 heteroatoms. The van der Waals surface area contributed by atoms with E-state index in [2.05, 4.69) is 40.7 Å². The predicted octanol–water partition coefficient (Wildman–Crippen LogP) is 4.00. The van der Waals surface area contributed by atoms with E-state index in [1.165, 1.54) is 28.8 Å². The number of thiophene rings is 1. The van der Waals surface area contributed by atoms with Gasteiger partial charge >= 0.3 is 0 Å². The van der Waals surface area contributed by atoms with Crippen molar-refractivity contribution in [1.82, 2.24) is 10.2 Å². The lowest BCUT2D eigenvalue weighted by molar-refractivity contribution is 0.156. The molecule has 1 unspecified atom stereocenters. The molecule has 150 valence electrons. The van der Waals surface area contributed by atoms with E-state index >= 15 is 0 Å². The van der Waals surface area contributed by atoms with E-state index in [0.717, 1.165) is 44.6 Å². The fraction of sp³-hybridized carbons (Fsp3) is 0.500. The van der Waals surface area contributed by atoms with Crippen LogP contribution in [0, 0.1) is 5.41 Å². The summed E-state index contributed by atoms with van der Waals surface area (Å²) >= 11 is 1.77. The van der Waals surface area contributed by atoms with Gasteiger partial charge in [0.25, 0.3) is 0 Å². The van der Waals surface area contributed by atoms with Gasteiger partial charge in [0.1, 0.15) is 5.75 Å². The van der Waals surface area contributed by atoms with Crippen molar-refractivity contribution in [1.29, 1.82) is 0 Å². The van der Waals surface area contributed by atoms with Crippen molar-refractivity contribution in [3.05, 3.63) is 40.6 Å². The summed E-state index contributed by atoms with van der Waals surface area (Å²) in [6.45, 7) is 7.66. The Morgan fingerprint density at radius 2 is 2.14 bits per heavy atom. The zero-order valence-corrected chi connectivity index (χ0v) is 17.6. The molecule has 0 bridgehead atoms. The number of nitrogens with one attached hydrogen (secondary N) is 1. The van der Waals surface area contributed by atoms with Gasteiger partial charge in [0.2, 0.25) is 0 Å². The highest BCUT2D eigenvalue weighted by Gasteiger charge is 2.42. The minimum atomic E-state index is 0.348. The molecule has 0 radical (unpaired) electrons. The second-order valence-electron chi connectivity index (χ2n) is 7.67. The van der Waals surface area contributed by atoms with Gasteiger partial charge < -0.3 is 19.7 Å². The number of guanidine groups is 1. The van der Waals surface area contributed by atoms with Crippen molar-refractivity contribution in [2.24, 2.45) is 10.4 Å². The number of benzene rings is 1. The molecule has 28 heavy (non-hydrogen) atoms. The molecule has 3 heterocycles. The molecule has 1 atom stereocenters. The molecular formula is C22H29N3O2S. The van der Waals surface area contributed by atoms with Gasteiger partial charge in [0.15, 0.2) is 5.96 Å². The zero-order valence-electron chi connectivity index (χ0n) is 16.7. The van der Waals surface area contributed by atoms with Crippen molar-refractivity contribution in [2.75, 3.05) is 40.0 Å². The maximum absolute atomic E-state index is 5.67. The number of ether oxygens (including phenoxy) is 2. The molecule has 4 rings (SSSR count). The number of hydrogen-bond acceptors (Lipinski definition) is 4. The van der Waals surface area contributed by atoms with Crippen LogP contribution in [0.4, 0.5) is 0 Å². The Hall–Kier alpha value is -2.05. The van der Waals surface area contributed by atoms with Crippen LogP contribution in [0.1, 0.15) is 24.6 Å². The van der Waals surface area contributed by atoms with E-state index in [-0.39, 0.29) is 0 Å². The lowest BCUT2D eigenvalue weighted by atomic mass is 9.87. The van der Waals surface area contributed by atoms with Gasteiger partial charge in [-0.2, -0.15) is 0 Å². The van der Waals surface area contributed by atoms with Crippen molar-refractivity contribution in [2.45, 2.75) is 26.3 Å². The summed E-state index contributed by atoms with van der Waals surface area (Å²) in [7, 11) is 1.69. The molecule has 5 nitrogen and oxygen atoms in total. The lowest BCUT2D eigenvalue weighted by Crippen LogP contribution is -2.41. The van der Waals surface area contributed by atoms with Crippen LogP contribution in [0.3, 0.4) is 0 Å². The van der Waals surface area contributed by atoms with E-state index in [0.29, 0.717) is 12.0 Å². The predicted molar refractivity (Wildman–Crippen MR) is 115 cm³/mol. The highest BCUT2D eigenvalue weighted by atomic mass is 32.1. The van der Waals surface area contributed by atoms with Crippen LogP contribution in [0.5, 0.6) is 5.75 Å². The van der Waals surface area contributed by atoms with Crippen LogP contribution in [0.25, 0.3) is 11.1 Å². The number of methoxy groups -OCH3 is 1. The fourth-order valence-corrected chi connectivity index (χ4v) is 4.88. The van der Waals surface area contributed by atoms with Gasteiger partial charge in [-0.1, -0.05) is 12.1 Å². The number of rotatable bonds is 5. The first-order valence-corrected chi connectivity index (χ1v) is 10.9. The maximum Gasteiger partial charge on any atom is 0.194 e. The number of hydrogen-bond donors (Lipinski definition) is 1. The molecular weight excluding hydrogens is 370 g/mol. The normalized spacial score (nSPS) is 22.2. The van der Waals surface area contributed by atoms with Crippen LogP contribution in [0.2, 0.25) is 0 Å². The van der Waals surface area contributed by atoms with Gasteiger partial charge in [0, 0.05) is 36.5 Å². The third-order valence-electron chi connectivity index (χ3n) is 5.72. The molecule has 1 aromatic carbocycles. The number of aliphatic imine (C=N–C) groups is 1. The summed E-state index contributed by atoms with van der Waals surface area (Å²) in [5.41, 5.74) is 2.80. The van der Waals surface area contributed by atoms with Crippen LogP contribution in [-0.4, -0.2) is 50.8 Å². The number of likely N-dealkylation sites (tertiary alicyclic amines) is 1. The summed E-state index contributed by atoms with van der Waals surface area (Å²) in [6.07, 6.45) is 2.39. The van der Waals surface area contributed by atoms with E-state index in [9.17, 15) is 0 Å². The van der Waals surface area contributed by atoms with Crippen LogP contribution in [-0.2, 0) is 11.3 Å². The van der Waals surface area contributed by atoms with E-state index in [4.69, 9.17) is 14.5 Å². The first-order chi connectivity index (χ1) is 13.7. The number of nitrogens with zero attached hydrogens (tertiary/aromatic N) is 2. The first kappa shape index (κ1) is 19.3. The zero-order chi connectivity index (χ0) is 19.4. The highest BCUT2D eigenvalue weighted by Crippen LogP contribution is 2.38. The molecule has 2 saturated heterocycles. The molecule has 2 aliphatic rings. The highest BCUT2D eigenvalue weighted by molar-refractivity contribution is 7.10. The quantitative estimate of drug-likeness (QED) is 0.610. The molecule has 1 spiro atoms. The Morgan fingerprint density at radius 1 is 1.29 bits per heavy atom.